The zero-order valence-electron chi connectivity index (χ0n) is 20.5. The number of primary amides is 1. The minimum Gasteiger partial charge on any atom is -0.395 e. The van der Waals surface area contributed by atoms with E-state index in [4.69, 9.17) is 16.2 Å². The number of hydrogen-bond acceptors (Lipinski definition) is 7. The number of benzene rings is 2. The first kappa shape index (κ1) is 26.2. The zero-order valence-corrected chi connectivity index (χ0v) is 21.3. The minimum atomic E-state index is -1.19. The van der Waals surface area contributed by atoms with Crippen LogP contribution in [0.5, 0.6) is 0 Å². The molecule has 11 heteroatoms. The topological polar surface area (TPSA) is 141 Å². The number of nitrogens with two attached hydrogens (primary N) is 2. The van der Waals surface area contributed by atoms with E-state index in [-0.39, 0.29) is 28.9 Å². The second-order valence-electron chi connectivity index (χ2n) is 8.94. The van der Waals surface area contributed by atoms with E-state index in [9.17, 15) is 18.8 Å². The van der Waals surface area contributed by atoms with Gasteiger partial charge in [-0.1, -0.05) is 29.8 Å². The first-order valence-corrected chi connectivity index (χ1v) is 12.5. The van der Waals surface area contributed by atoms with E-state index in [1.807, 2.05) is 26.0 Å². The van der Waals surface area contributed by atoms with Crippen LogP contribution in [0.4, 0.5) is 15.8 Å². The molecule has 0 saturated carbocycles. The van der Waals surface area contributed by atoms with E-state index in [1.54, 1.807) is 6.07 Å². The molecule has 2 heterocycles. The van der Waals surface area contributed by atoms with Gasteiger partial charge in [0, 0.05) is 18.8 Å². The molecule has 1 aliphatic heterocycles. The highest BCUT2D eigenvalue weighted by Crippen LogP contribution is 2.35. The summed E-state index contributed by atoms with van der Waals surface area (Å²) in [5.74, 6) is -2.47. The van der Waals surface area contributed by atoms with Crippen LogP contribution in [-0.4, -0.2) is 41.4 Å². The zero-order chi connectivity index (χ0) is 26.7. The molecule has 1 fully saturated rings. The largest absolute Gasteiger partial charge is 0.395 e. The molecule has 0 aliphatic carbocycles. The number of nitrogen functional groups attached to an aromatic ring is 1. The molecule has 4 rings (SSSR count). The van der Waals surface area contributed by atoms with Crippen molar-refractivity contribution in [1.29, 1.82) is 0 Å². The highest BCUT2D eigenvalue weighted by atomic mass is 32.1. The summed E-state index contributed by atoms with van der Waals surface area (Å²) >= 11 is 0.726. The number of nitrogens with zero attached hydrogens (tertiary/aromatic N) is 2. The van der Waals surface area contributed by atoms with Crippen LogP contribution in [-0.2, 0) is 9.53 Å². The Labute approximate surface area is 217 Å². The van der Waals surface area contributed by atoms with Crippen LogP contribution in [0, 0.1) is 19.7 Å². The Kier molecular flexibility index (Phi) is 7.84. The van der Waals surface area contributed by atoms with Gasteiger partial charge in [0.1, 0.15) is 16.7 Å². The molecule has 9 nitrogen and oxygen atoms in total. The van der Waals surface area contributed by atoms with Gasteiger partial charge in [0.15, 0.2) is 5.69 Å². The van der Waals surface area contributed by atoms with Crippen molar-refractivity contribution in [3.8, 4) is 0 Å². The molecule has 0 spiro atoms. The number of rotatable bonds is 8. The molecule has 0 radical (unpaired) electrons. The van der Waals surface area contributed by atoms with E-state index >= 15 is 0 Å². The Bertz CT molecular complexity index is 1320. The van der Waals surface area contributed by atoms with Crippen LogP contribution in [0.1, 0.15) is 55.7 Å². The first-order valence-electron chi connectivity index (χ1n) is 11.8. The lowest BCUT2D eigenvalue weighted by Gasteiger charge is -2.32. The van der Waals surface area contributed by atoms with Gasteiger partial charge in [-0.05, 0) is 67.5 Å². The van der Waals surface area contributed by atoms with Gasteiger partial charge in [-0.2, -0.15) is 4.37 Å². The van der Waals surface area contributed by atoms with Gasteiger partial charge < -0.3 is 21.5 Å². The molecule has 3 aromatic rings. The number of anilines is 2. The van der Waals surface area contributed by atoms with Crippen LogP contribution >= 0.6 is 11.5 Å². The Hall–Kier alpha value is -3.83. The molecule has 2 atom stereocenters. The highest BCUT2D eigenvalue weighted by molar-refractivity contribution is 7.09. The van der Waals surface area contributed by atoms with Gasteiger partial charge in [-0.3, -0.25) is 19.3 Å². The average Bonchev–Trinajstić information content (AvgIpc) is 3.52. The van der Waals surface area contributed by atoms with Crippen LogP contribution in [0.2, 0.25) is 0 Å². The summed E-state index contributed by atoms with van der Waals surface area (Å²) in [6.45, 7) is 4.62. The molecule has 3 amide bonds. The molecule has 0 bridgehead atoms. The molecule has 2 aromatic carbocycles. The molecular formula is C26H28FN5O4S. The van der Waals surface area contributed by atoms with Crippen molar-refractivity contribution < 1.29 is 23.5 Å². The molecule has 1 aromatic heterocycles. The third-order valence-corrected chi connectivity index (χ3v) is 7.06. The van der Waals surface area contributed by atoms with Crippen molar-refractivity contribution in [1.82, 2.24) is 9.69 Å². The van der Waals surface area contributed by atoms with Crippen molar-refractivity contribution >= 4 is 40.6 Å². The Morgan fingerprint density at radius 1 is 1.22 bits per heavy atom. The quantitative estimate of drug-likeness (QED) is 0.412. The van der Waals surface area contributed by atoms with Gasteiger partial charge >= 0.3 is 0 Å². The number of carbonyl (C=O) groups excluding carboxylic acids is 3. The fraction of sp³-hybridized carbons (Fsp3) is 0.308. The van der Waals surface area contributed by atoms with Gasteiger partial charge in [0.2, 0.25) is 5.91 Å². The maximum Gasteiger partial charge on any atom is 0.273 e. The lowest BCUT2D eigenvalue weighted by atomic mass is 10.0. The smallest absolute Gasteiger partial charge is 0.273 e. The van der Waals surface area contributed by atoms with Gasteiger partial charge in [0.05, 0.1) is 11.8 Å². The Morgan fingerprint density at radius 2 is 1.95 bits per heavy atom. The predicted octanol–water partition coefficient (Wildman–Crippen LogP) is 3.26. The van der Waals surface area contributed by atoms with Crippen LogP contribution in [0.15, 0.2) is 42.5 Å². The number of hydrogen-bond donors (Lipinski definition) is 3. The summed E-state index contributed by atoms with van der Waals surface area (Å²) in [6.07, 6.45) is 1.59. The fourth-order valence-electron chi connectivity index (χ4n) is 4.36. The minimum absolute atomic E-state index is 0.0344. The number of aromatic nitrogens is 1. The summed E-state index contributed by atoms with van der Waals surface area (Å²) in [7, 11) is 0. The third-order valence-electron chi connectivity index (χ3n) is 6.21. The van der Waals surface area contributed by atoms with Gasteiger partial charge in [0.25, 0.3) is 11.8 Å². The van der Waals surface area contributed by atoms with Gasteiger partial charge in [-0.15, -0.1) is 0 Å². The SMILES string of the molecule is Cc1ccc(N(C(=O)c2snc(C(N)=O)c2N)C(C(=O)NCC2CCCO2)c2ccc(F)cc2)c(C)c1. The normalized spacial score (nSPS) is 15.8. The molecular weight excluding hydrogens is 497 g/mol. The van der Waals surface area contributed by atoms with Crippen LogP contribution < -0.4 is 21.7 Å². The fourth-order valence-corrected chi connectivity index (χ4v) is 5.10. The summed E-state index contributed by atoms with van der Waals surface area (Å²) in [5.41, 5.74) is 13.6. The van der Waals surface area contributed by atoms with E-state index in [2.05, 4.69) is 9.69 Å². The maximum atomic E-state index is 14.1. The van der Waals surface area contributed by atoms with E-state index < -0.39 is 29.6 Å². The van der Waals surface area contributed by atoms with Gasteiger partial charge in [-0.25, -0.2) is 4.39 Å². The Morgan fingerprint density at radius 3 is 2.54 bits per heavy atom. The van der Waals surface area contributed by atoms with Crippen molar-refractivity contribution in [3.63, 3.8) is 0 Å². The van der Waals surface area contributed by atoms with Crippen molar-refractivity contribution in [2.75, 3.05) is 23.8 Å². The lowest BCUT2D eigenvalue weighted by Crippen LogP contribution is -2.46. The second kappa shape index (κ2) is 11.1. The average molecular weight is 526 g/mol. The third kappa shape index (κ3) is 5.62. The van der Waals surface area contributed by atoms with E-state index in [1.165, 1.54) is 29.2 Å². The number of aryl methyl sites for hydroxylation is 2. The molecule has 5 N–H and O–H groups in total. The summed E-state index contributed by atoms with van der Waals surface area (Å²) < 4.78 is 23.4. The van der Waals surface area contributed by atoms with E-state index in [0.29, 0.717) is 17.9 Å². The number of halogens is 1. The predicted molar refractivity (Wildman–Crippen MR) is 139 cm³/mol. The Balaban J connectivity index is 1.84. The summed E-state index contributed by atoms with van der Waals surface area (Å²) in [6, 6.07) is 9.62. The lowest BCUT2D eigenvalue weighted by molar-refractivity contribution is -0.123. The van der Waals surface area contributed by atoms with Crippen molar-refractivity contribution in [2.24, 2.45) is 5.73 Å². The molecule has 1 aliphatic rings. The summed E-state index contributed by atoms with van der Waals surface area (Å²) in [4.78, 5) is 40.8. The number of ether oxygens (including phenoxy) is 1. The monoisotopic (exact) mass is 525 g/mol. The number of nitrogens with one attached hydrogen (secondary N) is 1. The van der Waals surface area contributed by atoms with Crippen molar-refractivity contribution in [2.45, 2.75) is 38.8 Å². The standard InChI is InChI=1S/C26H28FN5O4S/c1-14-5-10-19(15(2)12-14)32(26(35)23-20(28)21(24(29)33)31-37-23)22(16-6-8-17(27)9-7-16)25(34)30-13-18-4-3-11-36-18/h5-10,12,18,22H,3-4,11,13,28H2,1-2H3,(H2,29,33)(H,30,34). The summed E-state index contributed by atoms with van der Waals surface area (Å²) in [5, 5.41) is 2.89. The van der Waals surface area contributed by atoms with Crippen molar-refractivity contribution in [3.05, 3.63) is 75.5 Å². The second-order valence-corrected chi connectivity index (χ2v) is 9.71. The first-order chi connectivity index (χ1) is 17.7. The highest BCUT2D eigenvalue weighted by Gasteiger charge is 2.37. The van der Waals surface area contributed by atoms with Crippen LogP contribution in [0.3, 0.4) is 0 Å². The molecule has 37 heavy (non-hydrogen) atoms. The molecule has 2 unspecified atom stereocenters. The number of amides is 3. The molecule has 1 saturated heterocycles. The number of carbonyl (C=O) groups is 3. The molecule has 194 valence electrons. The van der Waals surface area contributed by atoms with Crippen LogP contribution in [0.25, 0.3) is 0 Å². The van der Waals surface area contributed by atoms with E-state index in [0.717, 1.165) is 35.5 Å². The maximum absolute atomic E-state index is 14.1.